The number of para-hydroxylation sites is 1. The molecule has 2 heterocycles. The molecular formula is C29H36F3N3S. The number of nitrogens with one attached hydrogen (secondary N) is 2. The van der Waals surface area contributed by atoms with Crippen molar-refractivity contribution in [3.8, 4) is 0 Å². The Hall–Kier alpha value is -2.22. The van der Waals surface area contributed by atoms with Gasteiger partial charge >= 0.3 is 0 Å². The van der Waals surface area contributed by atoms with E-state index in [1.807, 2.05) is 25.1 Å². The van der Waals surface area contributed by atoms with Crippen LogP contribution in [0.1, 0.15) is 62.0 Å². The molecule has 3 aromatic rings. The molecule has 0 amide bonds. The van der Waals surface area contributed by atoms with Gasteiger partial charge in [-0.15, -0.1) is 0 Å². The number of fused-ring (bicyclic) bond motifs is 3. The Balaban J connectivity index is 1.75. The lowest BCUT2D eigenvalue weighted by Gasteiger charge is -2.42. The summed E-state index contributed by atoms with van der Waals surface area (Å²) >= 11 is 5.46. The van der Waals surface area contributed by atoms with Gasteiger partial charge in [-0.1, -0.05) is 43.4 Å². The Kier molecular flexibility index (Phi) is 8.86. The van der Waals surface area contributed by atoms with Crippen molar-refractivity contribution < 1.29 is 13.2 Å². The number of rotatable bonds is 11. The Morgan fingerprint density at radius 3 is 2.67 bits per heavy atom. The number of aromatic nitrogens is 1. The topological polar surface area (TPSA) is 31.1 Å². The molecule has 36 heavy (non-hydrogen) atoms. The van der Waals surface area contributed by atoms with Crippen molar-refractivity contribution in [2.24, 2.45) is 5.92 Å². The van der Waals surface area contributed by atoms with E-state index in [4.69, 9.17) is 12.2 Å². The van der Waals surface area contributed by atoms with Crippen LogP contribution in [0.4, 0.5) is 13.2 Å². The van der Waals surface area contributed by atoms with Gasteiger partial charge in [0.15, 0.2) is 0 Å². The van der Waals surface area contributed by atoms with Gasteiger partial charge < -0.3 is 10.3 Å². The van der Waals surface area contributed by atoms with Crippen molar-refractivity contribution in [1.29, 1.82) is 0 Å². The molecule has 0 radical (unpaired) electrons. The summed E-state index contributed by atoms with van der Waals surface area (Å²) < 4.78 is 43.9. The Morgan fingerprint density at radius 2 is 1.92 bits per heavy atom. The van der Waals surface area contributed by atoms with E-state index in [1.165, 1.54) is 6.07 Å². The van der Waals surface area contributed by atoms with E-state index < -0.39 is 17.7 Å². The van der Waals surface area contributed by atoms with Gasteiger partial charge in [-0.2, -0.15) is 0 Å². The maximum atomic E-state index is 16.1. The first-order valence-corrected chi connectivity index (χ1v) is 13.3. The van der Waals surface area contributed by atoms with E-state index in [-0.39, 0.29) is 24.2 Å². The second-order valence-electron chi connectivity index (χ2n) is 10.1. The lowest BCUT2D eigenvalue weighted by Crippen LogP contribution is -2.46. The molecule has 1 aromatic heterocycles. The van der Waals surface area contributed by atoms with E-state index in [2.05, 4.69) is 35.1 Å². The largest absolute Gasteiger partial charge is 0.357 e. The summed E-state index contributed by atoms with van der Waals surface area (Å²) in [5.41, 5.74) is 3.59. The van der Waals surface area contributed by atoms with Gasteiger partial charge in [0.05, 0.1) is 12.7 Å². The molecule has 7 heteroatoms. The highest BCUT2D eigenvalue weighted by Gasteiger charge is 2.39. The monoisotopic (exact) mass is 515 g/mol. The first-order valence-electron chi connectivity index (χ1n) is 12.9. The molecule has 0 fully saturated rings. The number of benzene rings is 2. The zero-order valence-electron chi connectivity index (χ0n) is 21.3. The number of H-pyrrole nitrogens is 1. The van der Waals surface area contributed by atoms with Gasteiger partial charge in [0.25, 0.3) is 0 Å². The first-order chi connectivity index (χ1) is 17.3. The number of hydrogen-bond donors (Lipinski definition) is 2. The predicted molar refractivity (Wildman–Crippen MR) is 146 cm³/mol. The minimum absolute atomic E-state index is 0.0840. The average molecular weight is 516 g/mol. The van der Waals surface area contributed by atoms with Crippen LogP contribution in [0.5, 0.6) is 0 Å². The van der Waals surface area contributed by atoms with Crippen LogP contribution >= 0.6 is 12.2 Å². The van der Waals surface area contributed by atoms with Crippen molar-refractivity contribution in [1.82, 2.24) is 15.2 Å². The second kappa shape index (κ2) is 11.9. The van der Waals surface area contributed by atoms with Crippen LogP contribution in [0.2, 0.25) is 0 Å². The normalized spacial score (nSPS) is 18.9. The summed E-state index contributed by atoms with van der Waals surface area (Å²) in [6, 6.07) is 10.5. The van der Waals surface area contributed by atoms with Crippen molar-refractivity contribution >= 4 is 28.0 Å². The highest BCUT2D eigenvalue weighted by atomic mass is 32.1. The van der Waals surface area contributed by atoms with Crippen molar-refractivity contribution in [2.75, 3.05) is 26.3 Å². The van der Waals surface area contributed by atoms with E-state index in [0.29, 0.717) is 44.5 Å². The number of aromatic amines is 1. The maximum absolute atomic E-state index is 16.1. The molecule has 2 aromatic carbocycles. The Bertz CT molecular complexity index is 1210. The fourth-order valence-corrected chi connectivity index (χ4v) is 5.40. The molecule has 0 bridgehead atoms. The summed E-state index contributed by atoms with van der Waals surface area (Å²) in [6.07, 6.45) is 2.45. The van der Waals surface area contributed by atoms with Gasteiger partial charge in [-0.3, -0.25) is 9.29 Å². The van der Waals surface area contributed by atoms with E-state index in [9.17, 15) is 4.39 Å². The minimum Gasteiger partial charge on any atom is -0.357 e. The molecule has 1 aliphatic rings. The first kappa shape index (κ1) is 26.8. The molecule has 1 aliphatic heterocycles. The number of thiocarbonyl (C=S) groups is 1. The van der Waals surface area contributed by atoms with E-state index >= 15 is 8.78 Å². The quantitative estimate of drug-likeness (QED) is 0.220. The fraction of sp³-hybridized carbons (Fsp3) is 0.483. The molecule has 0 saturated carbocycles. The maximum Gasteiger partial charge on any atom is 0.134 e. The standard InChI is InChI=1S/C29H36F3N3S/c1-18(20(3)36)17-35-19(2)16-23-22-9-4-5-10-25(22)34-28(23)29(35)26-24(31)12-11-21(27(26)32)8-6-14-33-15-7-13-30/h4-5,9-12,18-19,29,33-34H,6-8,13-17H2,1-3H3/t18?,19-,29?/m1/s1. The highest BCUT2D eigenvalue weighted by Crippen LogP contribution is 2.43. The van der Waals surface area contributed by atoms with Crippen LogP contribution in [0.3, 0.4) is 0 Å². The SMILES string of the molecule is CC(=S)C(C)CN1C(c2c(F)ccc(CCCNCCCF)c2F)c2[nH]c3ccccc3c2C[C@H]1C. The minimum atomic E-state index is -0.574. The van der Waals surface area contributed by atoms with Crippen LogP contribution in [-0.4, -0.2) is 47.1 Å². The van der Waals surface area contributed by atoms with Crippen LogP contribution < -0.4 is 5.32 Å². The predicted octanol–water partition coefficient (Wildman–Crippen LogP) is 6.69. The van der Waals surface area contributed by atoms with Crippen molar-refractivity contribution in [2.45, 2.75) is 58.5 Å². The fourth-order valence-electron chi connectivity index (χ4n) is 5.33. The van der Waals surface area contributed by atoms with Crippen LogP contribution in [0, 0.1) is 17.6 Å². The van der Waals surface area contributed by atoms with Gasteiger partial charge in [0.2, 0.25) is 0 Å². The van der Waals surface area contributed by atoms with Crippen molar-refractivity contribution in [3.63, 3.8) is 0 Å². The molecule has 2 N–H and O–H groups in total. The zero-order valence-corrected chi connectivity index (χ0v) is 22.2. The summed E-state index contributed by atoms with van der Waals surface area (Å²) in [5.74, 6) is -0.891. The molecule has 3 nitrogen and oxygen atoms in total. The lowest BCUT2D eigenvalue weighted by molar-refractivity contribution is 0.134. The molecule has 0 aliphatic carbocycles. The zero-order chi connectivity index (χ0) is 25.8. The number of alkyl halides is 1. The van der Waals surface area contributed by atoms with Crippen molar-refractivity contribution in [3.05, 3.63) is 70.4 Å². The summed E-state index contributed by atoms with van der Waals surface area (Å²) in [5, 5.41) is 4.29. The van der Waals surface area contributed by atoms with E-state index in [0.717, 1.165) is 33.4 Å². The van der Waals surface area contributed by atoms with Gasteiger partial charge in [-0.25, -0.2) is 8.78 Å². The molecule has 2 unspecified atom stereocenters. The second-order valence-corrected chi connectivity index (χ2v) is 10.7. The molecule has 4 rings (SSSR count). The smallest absolute Gasteiger partial charge is 0.134 e. The molecule has 0 saturated heterocycles. The number of hydrogen-bond acceptors (Lipinski definition) is 3. The average Bonchev–Trinajstić information content (AvgIpc) is 3.22. The molecule has 3 atom stereocenters. The van der Waals surface area contributed by atoms with Gasteiger partial charge in [0.1, 0.15) is 11.6 Å². The summed E-state index contributed by atoms with van der Waals surface area (Å²) in [7, 11) is 0. The molecule has 194 valence electrons. The third-order valence-electron chi connectivity index (χ3n) is 7.46. The van der Waals surface area contributed by atoms with Gasteiger partial charge in [0, 0.05) is 34.7 Å². The Labute approximate surface area is 217 Å². The van der Waals surface area contributed by atoms with Gasteiger partial charge in [-0.05, 0) is 86.7 Å². The third kappa shape index (κ3) is 5.53. The molecular weight excluding hydrogens is 479 g/mol. The third-order valence-corrected chi connectivity index (χ3v) is 7.87. The summed E-state index contributed by atoms with van der Waals surface area (Å²) in [6.45, 7) is 7.67. The van der Waals surface area contributed by atoms with Crippen LogP contribution in [0.15, 0.2) is 36.4 Å². The molecule has 0 spiro atoms. The van der Waals surface area contributed by atoms with E-state index in [1.54, 1.807) is 6.07 Å². The number of halogens is 3. The Morgan fingerprint density at radius 1 is 1.17 bits per heavy atom. The van der Waals surface area contributed by atoms with Crippen LogP contribution in [-0.2, 0) is 12.8 Å². The highest BCUT2D eigenvalue weighted by molar-refractivity contribution is 7.80. The number of nitrogens with zero attached hydrogens (tertiary/aromatic N) is 1. The number of aryl methyl sites for hydroxylation is 1. The van der Waals surface area contributed by atoms with Crippen LogP contribution in [0.25, 0.3) is 10.9 Å². The summed E-state index contributed by atoms with van der Waals surface area (Å²) in [4.78, 5) is 6.61. The lowest BCUT2D eigenvalue weighted by atomic mass is 9.86.